The van der Waals surface area contributed by atoms with Gasteiger partial charge in [0.05, 0.1) is 11.7 Å². The highest BCUT2D eigenvalue weighted by Crippen LogP contribution is 2.42. The number of pyridine rings is 2. The Bertz CT molecular complexity index is 1270. The van der Waals surface area contributed by atoms with Crippen LogP contribution in [0.25, 0.3) is 5.69 Å². The quantitative estimate of drug-likeness (QED) is 0.436. The Morgan fingerprint density at radius 1 is 0.970 bits per heavy atom. The van der Waals surface area contributed by atoms with Crippen LogP contribution in [-0.4, -0.2) is 25.6 Å². The van der Waals surface area contributed by atoms with E-state index in [1.165, 1.54) is 6.92 Å². The zero-order valence-electron chi connectivity index (χ0n) is 17.9. The summed E-state index contributed by atoms with van der Waals surface area (Å²) in [6.07, 6.45) is 7.40. The molecule has 0 saturated carbocycles. The smallest absolute Gasteiger partial charge is 0.221 e. The minimum atomic E-state index is -0.151. The number of thiocarbonyl (C=S) groups is 1. The molecule has 2 atom stereocenters. The van der Waals surface area contributed by atoms with Crippen molar-refractivity contribution in [2.75, 3.05) is 10.2 Å². The molecule has 1 fully saturated rings. The first-order valence-corrected chi connectivity index (χ1v) is 11.0. The molecule has 0 bridgehead atoms. The van der Waals surface area contributed by atoms with Gasteiger partial charge in [-0.3, -0.25) is 14.8 Å². The molecule has 8 heteroatoms. The molecule has 1 saturated heterocycles. The summed E-state index contributed by atoms with van der Waals surface area (Å²) >= 11 is 5.81. The van der Waals surface area contributed by atoms with E-state index in [1.54, 1.807) is 18.6 Å². The van der Waals surface area contributed by atoms with Crippen LogP contribution in [0.15, 0.2) is 91.5 Å². The van der Waals surface area contributed by atoms with Crippen molar-refractivity contribution in [2.24, 2.45) is 0 Å². The third-order valence-corrected chi connectivity index (χ3v) is 5.90. The standard InChI is InChI=1S/C25H22N6OS/c1-17(32)28-18-7-9-20(10-8-18)31-24(23(29-25(31)33)21-5-2-3-13-27-21)22-6-4-16-30(22)19-11-14-26-15-12-19/h2-16,23-24H,1H3,(H,28,32)(H,29,33)/t23-,24+/m0/s1. The molecular weight excluding hydrogens is 432 g/mol. The van der Waals surface area contributed by atoms with E-state index in [2.05, 4.69) is 36.1 Å². The number of carbonyl (C=O) groups excluding carboxylic acids is 1. The van der Waals surface area contributed by atoms with E-state index in [4.69, 9.17) is 12.2 Å². The molecule has 0 spiro atoms. The van der Waals surface area contributed by atoms with Gasteiger partial charge in [0, 0.05) is 54.5 Å². The third-order valence-electron chi connectivity index (χ3n) is 5.59. The van der Waals surface area contributed by atoms with Crippen molar-refractivity contribution in [3.05, 3.63) is 103 Å². The largest absolute Gasteiger partial charge is 0.351 e. The van der Waals surface area contributed by atoms with Crippen LogP contribution in [0.5, 0.6) is 0 Å². The third kappa shape index (κ3) is 4.08. The molecule has 4 heterocycles. The van der Waals surface area contributed by atoms with E-state index in [9.17, 15) is 4.79 Å². The molecule has 1 aliphatic heterocycles. The predicted molar refractivity (Wildman–Crippen MR) is 132 cm³/mol. The Hall–Kier alpha value is -4.04. The Morgan fingerprint density at radius 3 is 2.45 bits per heavy atom. The second-order valence-corrected chi connectivity index (χ2v) is 8.12. The van der Waals surface area contributed by atoms with E-state index >= 15 is 0 Å². The number of amides is 1. The number of aromatic nitrogens is 3. The van der Waals surface area contributed by atoms with Crippen LogP contribution in [0.3, 0.4) is 0 Å². The van der Waals surface area contributed by atoms with Crippen LogP contribution >= 0.6 is 12.2 Å². The predicted octanol–water partition coefficient (Wildman–Crippen LogP) is 4.40. The van der Waals surface area contributed by atoms with E-state index in [0.29, 0.717) is 5.11 Å². The van der Waals surface area contributed by atoms with Crippen LogP contribution in [0, 0.1) is 0 Å². The summed E-state index contributed by atoms with van der Waals surface area (Å²) in [5, 5.41) is 6.91. The van der Waals surface area contributed by atoms with Gasteiger partial charge in [0.1, 0.15) is 6.04 Å². The Kier molecular flexibility index (Phi) is 5.58. The maximum atomic E-state index is 11.4. The minimum Gasteiger partial charge on any atom is -0.351 e. The van der Waals surface area contributed by atoms with Crippen molar-refractivity contribution >= 4 is 34.6 Å². The number of rotatable bonds is 5. The van der Waals surface area contributed by atoms with Gasteiger partial charge < -0.3 is 20.1 Å². The number of hydrogen-bond acceptors (Lipinski definition) is 4. The highest BCUT2D eigenvalue weighted by atomic mass is 32.1. The Morgan fingerprint density at radius 2 is 1.76 bits per heavy atom. The van der Waals surface area contributed by atoms with E-state index < -0.39 is 0 Å². The second kappa shape index (κ2) is 8.84. The maximum Gasteiger partial charge on any atom is 0.221 e. The molecule has 5 rings (SSSR count). The lowest BCUT2D eigenvalue weighted by Gasteiger charge is -2.29. The van der Waals surface area contributed by atoms with Crippen LogP contribution in [0.1, 0.15) is 30.4 Å². The van der Waals surface area contributed by atoms with Gasteiger partial charge >= 0.3 is 0 Å². The lowest BCUT2D eigenvalue weighted by Crippen LogP contribution is -2.30. The van der Waals surface area contributed by atoms with Crippen LogP contribution in [-0.2, 0) is 4.79 Å². The van der Waals surface area contributed by atoms with Crippen molar-refractivity contribution in [2.45, 2.75) is 19.0 Å². The van der Waals surface area contributed by atoms with Crippen LogP contribution < -0.4 is 15.5 Å². The molecule has 1 aliphatic rings. The van der Waals surface area contributed by atoms with Crippen molar-refractivity contribution in [3.63, 3.8) is 0 Å². The summed E-state index contributed by atoms with van der Waals surface area (Å²) in [5.41, 5.74) is 4.65. The lowest BCUT2D eigenvalue weighted by atomic mass is 10.0. The van der Waals surface area contributed by atoms with E-state index in [0.717, 1.165) is 28.5 Å². The molecule has 2 N–H and O–H groups in total. The molecule has 0 aliphatic carbocycles. The first kappa shape index (κ1) is 20.8. The molecule has 0 unspecified atom stereocenters. The van der Waals surface area contributed by atoms with Gasteiger partial charge in [-0.05, 0) is 72.9 Å². The number of carbonyl (C=O) groups is 1. The molecule has 7 nitrogen and oxygen atoms in total. The topological polar surface area (TPSA) is 75.1 Å². The molecule has 3 aromatic heterocycles. The van der Waals surface area contributed by atoms with Gasteiger partial charge in [0.15, 0.2) is 5.11 Å². The van der Waals surface area contributed by atoms with E-state index in [-0.39, 0.29) is 18.0 Å². The SMILES string of the molecule is CC(=O)Nc1ccc(N2C(=S)N[C@@H](c3ccccn3)[C@H]2c2cccn2-c2ccncc2)cc1. The maximum absolute atomic E-state index is 11.4. The van der Waals surface area contributed by atoms with Crippen LogP contribution in [0.2, 0.25) is 0 Å². The summed E-state index contributed by atoms with van der Waals surface area (Å²) in [6.45, 7) is 1.49. The zero-order chi connectivity index (χ0) is 22.8. The zero-order valence-corrected chi connectivity index (χ0v) is 18.7. The molecule has 0 radical (unpaired) electrons. The number of nitrogens with one attached hydrogen (secondary N) is 2. The fourth-order valence-electron chi connectivity index (χ4n) is 4.22. The molecule has 1 amide bonds. The number of nitrogens with zero attached hydrogens (tertiary/aromatic N) is 4. The molecule has 33 heavy (non-hydrogen) atoms. The fourth-order valence-corrected chi connectivity index (χ4v) is 4.56. The first-order valence-electron chi connectivity index (χ1n) is 10.6. The normalized spacial score (nSPS) is 17.6. The van der Waals surface area contributed by atoms with Crippen molar-refractivity contribution in [1.82, 2.24) is 19.9 Å². The lowest BCUT2D eigenvalue weighted by molar-refractivity contribution is -0.114. The molecule has 164 valence electrons. The minimum absolute atomic E-state index is 0.107. The van der Waals surface area contributed by atoms with Gasteiger partial charge in [-0.15, -0.1) is 0 Å². The number of benzene rings is 1. The highest BCUT2D eigenvalue weighted by Gasteiger charge is 2.42. The number of anilines is 2. The Balaban J connectivity index is 1.61. The monoisotopic (exact) mass is 454 g/mol. The number of hydrogen-bond donors (Lipinski definition) is 2. The average Bonchev–Trinajstić information content (AvgIpc) is 3.45. The summed E-state index contributed by atoms with van der Waals surface area (Å²) in [7, 11) is 0. The first-order chi connectivity index (χ1) is 16.1. The summed E-state index contributed by atoms with van der Waals surface area (Å²) in [5.74, 6) is -0.107. The fraction of sp³-hybridized carbons (Fsp3) is 0.120. The highest BCUT2D eigenvalue weighted by molar-refractivity contribution is 7.80. The van der Waals surface area contributed by atoms with Crippen molar-refractivity contribution < 1.29 is 4.79 Å². The van der Waals surface area contributed by atoms with Gasteiger partial charge in [0.25, 0.3) is 0 Å². The van der Waals surface area contributed by atoms with Crippen molar-refractivity contribution in [1.29, 1.82) is 0 Å². The Labute approximate surface area is 197 Å². The second-order valence-electron chi connectivity index (χ2n) is 7.73. The van der Waals surface area contributed by atoms with Gasteiger partial charge in [-0.25, -0.2) is 0 Å². The molecular formula is C25H22N6OS. The van der Waals surface area contributed by atoms with E-state index in [1.807, 2.05) is 66.9 Å². The summed E-state index contributed by atoms with van der Waals surface area (Å²) in [6, 6.07) is 21.4. The molecule has 4 aromatic rings. The van der Waals surface area contributed by atoms with Gasteiger partial charge in [0.2, 0.25) is 5.91 Å². The van der Waals surface area contributed by atoms with Gasteiger partial charge in [-0.1, -0.05) is 6.07 Å². The van der Waals surface area contributed by atoms with Crippen molar-refractivity contribution in [3.8, 4) is 5.69 Å². The van der Waals surface area contributed by atoms with Gasteiger partial charge in [-0.2, -0.15) is 0 Å². The van der Waals surface area contributed by atoms with Crippen LogP contribution in [0.4, 0.5) is 11.4 Å². The average molecular weight is 455 g/mol. The summed E-state index contributed by atoms with van der Waals surface area (Å²) in [4.78, 5) is 22.3. The summed E-state index contributed by atoms with van der Waals surface area (Å²) < 4.78 is 2.15. The molecule has 1 aromatic carbocycles.